The number of benzene rings is 1. The minimum Gasteiger partial charge on any atom is -0.423 e. The van der Waals surface area contributed by atoms with Gasteiger partial charge in [0.15, 0.2) is 0 Å². The van der Waals surface area contributed by atoms with Gasteiger partial charge in [0.2, 0.25) is 0 Å². The van der Waals surface area contributed by atoms with Crippen LogP contribution < -0.4 is 5.46 Å². The van der Waals surface area contributed by atoms with Gasteiger partial charge in [-0.15, -0.1) is 0 Å². The molecule has 0 bridgehead atoms. The third-order valence-corrected chi connectivity index (χ3v) is 3.39. The van der Waals surface area contributed by atoms with Crippen LogP contribution in [0, 0.1) is 5.92 Å². The van der Waals surface area contributed by atoms with Crippen molar-refractivity contribution in [2.45, 2.75) is 26.3 Å². The maximum atomic E-state index is 9.32. The highest BCUT2D eigenvalue weighted by Gasteiger charge is 2.24. The van der Waals surface area contributed by atoms with Crippen LogP contribution >= 0.6 is 0 Å². The van der Waals surface area contributed by atoms with Crippen LogP contribution in [0.25, 0.3) is 0 Å². The highest BCUT2D eigenvalue weighted by molar-refractivity contribution is 6.59. The molecule has 1 fully saturated rings. The summed E-state index contributed by atoms with van der Waals surface area (Å²) in [6.45, 7) is 5.10. The lowest BCUT2D eigenvalue weighted by Crippen LogP contribution is -2.36. The lowest BCUT2D eigenvalue weighted by Gasteiger charge is -2.21. The largest absolute Gasteiger partial charge is 0.488 e. The summed E-state index contributed by atoms with van der Waals surface area (Å²) >= 11 is 0. The second-order valence-corrected chi connectivity index (χ2v) is 4.84. The fourth-order valence-corrected chi connectivity index (χ4v) is 2.14. The normalized spacial score (nSPS) is 15.3. The number of nitrogens with zero attached hydrogens (tertiary/aromatic N) is 1. The highest BCUT2D eigenvalue weighted by atomic mass is 16.4. The van der Waals surface area contributed by atoms with Gasteiger partial charge in [0, 0.05) is 13.1 Å². The molecule has 0 atom stereocenters. The molecule has 1 saturated carbocycles. The Hall–Kier alpha value is -0.835. The zero-order valence-corrected chi connectivity index (χ0v) is 10.3. The summed E-state index contributed by atoms with van der Waals surface area (Å²) in [5, 5.41) is 18.6. The average Bonchev–Trinajstić information content (AvgIpc) is 3.12. The quantitative estimate of drug-likeness (QED) is 0.707. The lowest BCUT2D eigenvalue weighted by atomic mass is 9.77. The molecular formula is C13H20BNO2. The van der Waals surface area contributed by atoms with E-state index in [-0.39, 0.29) is 0 Å². The molecular weight excluding hydrogens is 213 g/mol. The fourth-order valence-electron chi connectivity index (χ4n) is 2.14. The second kappa shape index (κ2) is 5.67. The van der Waals surface area contributed by atoms with Crippen molar-refractivity contribution < 1.29 is 10.0 Å². The Morgan fingerprint density at radius 2 is 2.00 bits per heavy atom. The van der Waals surface area contributed by atoms with Crippen molar-refractivity contribution in [2.24, 2.45) is 5.92 Å². The summed E-state index contributed by atoms with van der Waals surface area (Å²) in [6.07, 6.45) is 2.70. The van der Waals surface area contributed by atoms with E-state index in [0.717, 1.165) is 31.1 Å². The van der Waals surface area contributed by atoms with Gasteiger partial charge in [-0.25, -0.2) is 0 Å². The van der Waals surface area contributed by atoms with E-state index in [2.05, 4.69) is 11.8 Å². The molecule has 2 N–H and O–H groups in total. The Kier molecular flexibility index (Phi) is 4.21. The maximum Gasteiger partial charge on any atom is 0.488 e. The smallest absolute Gasteiger partial charge is 0.423 e. The van der Waals surface area contributed by atoms with Gasteiger partial charge in [0.05, 0.1) is 0 Å². The van der Waals surface area contributed by atoms with Gasteiger partial charge in [-0.05, 0) is 36.3 Å². The molecule has 92 valence electrons. The summed E-state index contributed by atoms with van der Waals surface area (Å²) in [4.78, 5) is 2.37. The standard InChI is InChI=1S/C13H20BNO2/c1-2-15(9-11-7-8-11)10-12-5-3-4-6-13(12)14(16)17/h3-6,11,16-17H,2,7-10H2,1H3. The molecule has 1 aliphatic rings. The molecule has 0 aromatic heterocycles. The Bertz CT molecular complexity index is 366. The highest BCUT2D eigenvalue weighted by Crippen LogP contribution is 2.29. The van der Waals surface area contributed by atoms with Crippen molar-refractivity contribution in [1.82, 2.24) is 4.90 Å². The van der Waals surface area contributed by atoms with Gasteiger partial charge in [0.1, 0.15) is 0 Å². The molecule has 0 amide bonds. The molecule has 3 nitrogen and oxygen atoms in total. The van der Waals surface area contributed by atoms with E-state index in [1.165, 1.54) is 12.8 Å². The van der Waals surface area contributed by atoms with E-state index in [1.807, 2.05) is 18.2 Å². The average molecular weight is 233 g/mol. The van der Waals surface area contributed by atoms with Gasteiger partial charge >= 0.3 is 7.12 Å². The number of hydrogen-bond donors (Lipinski definition) is 2. The van der Waals surface area contributed by atoms with E-state index in [9.17, 15) is 10.0 Å². The van der Waals surface area contributed by atoms with Gasteiger partial charge < -0.3 is 10.0 Å². The summed E-state index contributed by atoms with van der Waals surface area (Å²) < 4.78 is 0. The maximum absolute atomic E-state index is 9.32. The van der Waals surface area contributed by atoms with Crippen LogP contribution in [-0.4, -0.2) is 35.2 Å². The topological polar surface area (TPSA) is 43.7 Å². The van der Waals surface area contributed by atoms with Crippen molar-refractivity contribution in [3.05, 3.63) is 29.8 Å². The van der Waals surface area contributed by atoms with Gasteiger partial charge in [-0.3, -0.25) is 4.90 Å². The molecule has 1 aliphatic carbocycles. The molecule has 0 aliphatic heterocycles. The van der Waals surface area contributed by atoms with E-state index in [0.29, 0.717) is 5.46 Å². The Morgan fingerprint density at radius 1 is 1.29 bits per heavy atom. The van der Waals surface area contributed by atoms with Crippen LogP contribution in [0.5, 0.6) is 0 Å². The predicted molar refractivity (Wildman–Crippen MR) is 69.9 cm³/mol. The Labute approximate surface area is 103 Å². The molecule has 0 radical (unpaired) electrons. The first-order chi connectivity index (χ1) is 8.20. The first-order valence-corrected chi connectivity index (χ1v) is 6.37. The Balaban J connectivity index is 2.04. The van der Waals surface area contributed by atoms with Crippen molar-refractivity contribution in [3.63, 3.8) is 0 Å². The number of rotatable bonds is 6. The third kappa shape index (κ3) is 3.56. The minimum atomic E-state index is -1.37. The fraction of sp³-hybridized carbons (Fsp3) is 0.538. The summed E-state index contributed by atoms with van der Waals surface area (Å²) in [7, 11) is -1.37. The molecule has 0 heterocycles. The second-order valence-electron chi connectivity index (χ2n) is 4.84. The molecule has 0 unspecified atom stereocenters. The SMILES string of the molecule is CCN(Cc1ccccc1B(O)O)CC1CC1. The number of hydrogen-bond acceptors (Lipinski definition) is 3. The lowest BCUT2D eigenvalue weighted by molar-refractivity contribution is 0.268. The first-order valence-electron chi connectivity index (χ1n) is 6.37. The molecule has 0 spiro atoms. The van der Waals surface area contributed by atoms with Crippen LogP contribution in [0.3, 0.4) is 0 Å². The molecule has 4 heteroatoms. The van der Waals surface area contributed by atoms with Gasteiger partial charge in [-0.2, -0.15) is 0 Å². The van der Waals surface area contributed by atoms with Gasteiger partial charge in [-0.1, -0.05) is 31.2 Å². The van der Waals surface area contributed by atoms with Crippen LogP contribution in [0.1, 0.15) is 25.3 Å². The van der Waals surface area contributed by atoms with Crippen LogP contribution in [0.2, 0.25) is 0 Å². The molecule has 2 rings (SSSR count). The summed E-state index contributed by atoms with van der Waals surface area (Å²) in [5.74, 6) is 0.862. The van der Waals surface area contributed by atoms with E-state index < -0.39 is 7.12 Å². The first kappa shape index (κ1) is 12.6. The Morgan fingerprint density at radius 3 is 2.59 bits per heavy atom. The summed E-state index contributed by atoms with van der Waals surface area (Å²) in [6, 6.07) is 7.55. The van der Waals surface area contributed by atoms with Gasteiger partial charge in [0.25, 0.3) is 0 Å². The molecule has 1 aromatic rings. The van der Waals surface area contributed by atoms with Crippen molar-refractivity contribution in [1.29, 1.82) is 0 Å². The van der Waals surface area contributed by atoms with Crippen LogP contribution in [0.4, 0.5) is 0 Å². The zero-order valence-electron chi connectivity index (χ0n) is 10.3. The van der Waals surface area contributed by atoms with Crippen LogP contribution in [0.15, 0.2) is 24.3 Å². The van der Waals surface area contributed by atoms with Crippen molar-refractivity contribution in [2.75, 3.05) is 13.1 Å². The third-order valence-electron chi connectivity index (χ3n) is 3.39. The van der Waals surface area contributed by atoms with E-state index >= 15 is 0 Å². The zero-order chi connectivity index (χ0) is 12.3. The molecule has 0 saturated heterocycles. The van der Waals surface area contributed by atoms with E-state index in [4.69, 9.17) is 0 Å². The monoisotopic (exact) mass is 233 g/mol. The van der Waals surface area contributed by atoms with Crippen LogP contribution in [-0.2, 0) is 6.54 Å². The molecule has 1 aromatic carbocycles. The minimum absolute atomic E-state index is 0.627. The van der Waals surface area contributed by atoms with Crippen molar-refractivity contribution >= 4 is 12.6 Å². The predicted octanol–water partition coefficient (Wildman–Crippen LogP) is 0.598. The summed E-state index contributed by atoms with van der Waals surface area (Å²) in [5.41, 5.74) is 1.65. The molecule has 17 heavy (non-hydrogen) atoms. The van der Waals surface area contributed by atoms with Crippen molar-refractivity contribution in [3.8, 4) is 0 Å². The van der Waals surface area contributed by atoms with E-state index in [1.54, 1.807) is 6.07 Å².